The van der Waals surface area contributed by atoms with Gasteiger partial charge >= 0.3 is 0 Å². The van der Waals surface area contributed by atoms with Crippen molar-refractivity contribution in [3.63, 3.8) is 0 Å². The average molecular weight is 376 g/mol. The minimum atomic E-state index is 0.549. The molecule has 0 aliphatic heterocycles. The Bertz CT molecular complexity index is 538. The lowest BCUT2D eigenvalue weighted by molar-refractivity contribution is 0.247. The normalized spacial score (nSPS) is 10.3. The van der Waals surface area contributed by atoms with Crippen LogP contribution in [-0.2, 0) is 0 Å². The molecule has 0 bridgehead atoms. The van der Waals surface area contributed by atoms with Crippen molar-refractivity contribution in [2.45, 2.75) is 6.42 Å². The van der Waals surface area contributed by atoms with E-state index in [9.17, 15) is 0 Å². The molecule has 0 saturated carbocycles. The van der Waals surface area contributed by atoms with Crippen molar-refractivity contribution >= 4 is 39.1 Å². The van der Waals surface area contributed by atoms with Crippen molar-refractivity contribution in [2.75, 3.05) is 13.2 Å². The van der Waals surface area contributed by atoms with Crippen LogP contribution < -0.4 is 9.47 Å². The second-order valence-corrected chi connectivity index (χ2v) is 5.90. The van der Waals surface area contributed by atoms with Crippen LogP contribution in [0.15, 0.2) is 46.9 Å². The molecule has 0 spiro atoms. The molecular weight excluding hydrogens is 363 g/mol. The number of hydrogen-bond donors (Lipinski definition) is 0. The molecule has 0 fully saturated rings. The third-order valence-corrected chi connectivity index (χ3v) is 3.44. The van der Waals surface area contributed by atoms with Crippen LogP contribution in [0.5, 0.6) is 11.5 Å². The minimum Gasteiger partial charge on any atom is -0.493 e. The van der Waals surface area contributed by atoms with Gasteiger partial charge in [-0.1, -0.05) is 39.1 Å². The lowest BCUT2D eigenvalue weighted by atomic mass is 10.3. The van der Waals surface area contributed by atoms with Gasteiger partial charge in [0, 0.05) is 20.9 Å². The van der Waals surface area contributed by atoms with Gasteiger partial charge in [0.15, 0.2) is 0 Å². The Morgan fingerprint density at radius 1 is 0.800 bits per heavy atom. The molecule has 0 aliphatic rings. The fraction of sp³-hybridized carbons (Fsp3) is 0.200. The van der Waals surface area contributed by atoms with Gasteiger partial charge in [0.25, 0.3) is 0 Å². The van der Waals surface area contributed by atoms with Gasteiger partial charge in [0.2, 0.25) is 0 Å². The molecular formula is C15H13BrCl2O2. The minimum absolute atomic E-state index is 0.549. The number of benzene rings is 2. The van der Waals surface area contributed by atoms with Crippen LogP contribution >= 0.6 is 39.1 Å². The predicted molar refractivity (Wildman–Crippen MR) is 86.2 cm³/mol. The number of hydrogen-bond acceptors (Lipinski definition) is 2. The fourth-order valence-electron chi connectivity index (χ4n) is 1.58. The summed E-state index contributed by atoms with van der Waals surface area (Å²) >= 11 is 15.2. The van der Waals surface area contributed by atoms with Crippen LogP contribution in [0.4, 0.5) is 0 Å². The van der Waals surface area contributed by atoms with E-state index in [1.165, 1.54) is 0 Å². The van der Waals surface area contributed by atoms with Crippen molar-refractivity contribution in [2.24, 2.45) is 0 Å². The van der Waals surface area contributed by atoms with Crippen LogP contribution in [0.25, 0.3) is 0 Å². The van der Waals surface area contributed by atoms with Gasteiger partial charge in [-0.05, 0) is 42.5 Å². The SMILES string of the molecule is Clc1cc(Cl)cc(OCCCOc2ccc(Br)cc2)c1. The van der Waals surface area contributed by atoms with E-state index in [0.29, 0.717) is 29.0 Å². The molecule has 0 radical (unpaired) electrons. The van der Waals surface area contributed by atoms with E-state index in [1.807, 2.05) is 24.3 Å². The quantitative estimate of drug-likeness (QED) is 0.611. The van der Waals surface area contributed by atoms with Crippen molar-refractivity contribution < 1.29 is 9.47 Å². The summed E-state index contributed by atoms with van der Waals surface area (Å²) in [4.78, 5) is 0. The number of rotatable bonds is 6. The fourth-order valence-corrected chi connectivity index (χ4v) is 2.35. The molecule has 2 aromatic rings. The van der Waals surface area contributed by atoms with E-state index in [1.54, 1.807) is 18.2 Å². The zero-order valence-corrected chi connectivity index (χ0v) is 13.7. The molecule has 0 N–H and O–H groups in total. The van der Waals surface area contributed by atoms with Gasteiger partial charge in [-0.25, -0.2) is 0 Å². The molecule has 5 heteroatoms. The Labute approximate surface area is 136 Å². The first-order chi connectivity index (χ1) is 9.63. The molecule has 2 rings (SSSR count). The maximum absolute atomic E-state index is 5.89. The predicted octanol–water partition coefficient (Wildman–Crippen LogP) is 5.60. The standard InChI is InChI=1S/C15H13BrCl2O2/c16-11-2-4-14(5-3-11)19-6-1-7-20-15-9-12(17)8-13(18)10-15/h2-5,8-10H,1,6-7H2. The Balaban J connectivity index is 1.70. The monoisotopic (exact) mass is 374 g/mol. The smallest absolute Gasteiger partial charge is 0.122 e. The number of ether oxygens (including phenoxy) is 2. The molecule has 106 valence electrons. The first-order valence-corrected chi connectivity index (χ1v) is 7.65. The van der Waals surface area contributed by atoms with E-state index < -0.39 is 0 Å². The summed E-state index contributed by atoms with van der Waals surface area (Å²) < 4.78 is 12.2. The second-order valence-electron chi connectivity index (χ2n) is 4.11. The Hall–Kier alpha value is -0.900. The van der Waals surface area contributed by atoms with Gasteiger partial charge in [-0.3, -0.25) is 0 Å². The summed E-state index contributed by atoms with van der Waals surface area (Å²) in [6.07, 6.45) is 0.778. The van der Waals surface area contributed by atoms with Crippen LogP contribution in [0.1, 0.15) is 6.42 Å². The molecule has 0 aliphatic carbocycles. The third-order valence-electron chi connectivity index (χ3n) is 2.48. The first-order valence-electron chi connectivity index (χ1n) is 6.11. The maximum Gasteiger partial charge on any atom is 0.122 e. The molecule has 0 unspecified atom stereocenters. The molecule has 0 aromatic heterocycles. The highest BCUT2D eigenvalue weighted by atomic mass is 79.9. The van der Waals surface area contributed by atoms with Crippen molar-refractivity contribution in [1.82, 2.24) is 0 Å². The highest BCUT2D eigenvalue weighted by molar-refractivity contribution is 9.10. The zero-order valence-electron chi connectivity index (χ0n) is 10.6. The molecule has 0 saturated heterocycles. The zero-order chi connectivity index (χ0) is 14.4. The molecule has 2 nitrogen and oxygen atoms in total. The van der Waals surface area contributed by atoms with E-state index in [4.69, 9.17) is 32.7 Å². The highest BCUT2D eigenvalue weighted by Crippen LogP contribution is 2.24. The van der Waals surface area contributed by atoms with E-state index in [0.717, 1.165) is 16.6 Å². The largest absolute Gasteiger partial charge is 0.493 e. The molecule has 0 heterocycles. The Morgan fingerprint density at radius 3 is 1.95 bits per heavy atom. The maximum atomic E-state index is 5.89. The van der Waals surface area contributed by atoms with E-state index in [2.05, 4.69) is 15.9 Å². The summed E-state index contributed by atoms with van der Waals surface area (Å²) in [5.41, 5.74) is 0. The summed E-state index contributed by atoms with van der Waals surface area (Å²) in [5.74, 6) is 1.52. The van der Waals surface area contributed by atoms with Gasteiger partial charge < -0.3 is 9.47 Å². The first kappa shape index (κ1) is 15.5. The van der Waals surface area contributed by atoms with Crippen LogP contribution in [-0.4, -0.2) is 13.2 Å². The summed E-state index contributed by atoms with van der Waals surface area (Å²) in [7, 11) is 0. The van der Waals surface area contributed by atoms with Crippen molar-refractivity contribution in [3.05, 3.63) is 57.0 Å². The van der Waals surface area contributed by atoms with Crippen LogP contribution in [0.2, 0.25) is 10.0 Å². The summed E-state index contributed by atoms with van der Waals surface area (Å²) in [6, 6.07) is 12.9. The van der Waals surface area contributed by atoms with Crippen molar-refractivity contribution in [1.29, 1.82) is 0 Å². The van der Waals surface area contributed by atoms with Gasteiger partial charge in [0.1, 0.15) is 11.5 Å². The lowest BCUT2D eigenvalue weighted by Gasteiger charge is -2.08. The van der Waals surface area contributed by atoms with Crippen molar-refractivity contribution in [3.8, 4) is 11.5 Å². The summed E-state index contributed by atoms with van der Waals surface area (Å²) in [5, 5.41) is 1.14. The van der Waals surface area contributed by atoms with E-state index in [-0.39, 0.29) is 0 Å². The van der Waals surface area contributed by atoms with Crippen LogP contribution in [0, 0.1) is 0 Å². The Kier molecular flexibility index (Phi) is 6.02. The van der Waals surface area contributed by atoms with E-state index >= 15 is 0 Å². The van der Waals surface area contributed by atoms with Gasteiger partial charge in [-0.2, -0.15) is 0 Å². The highest BCUT2D eigenvalue weighted by Gasteiger charge is 1.99. The van der Waals surface area contributed by atoms with Gasteiger partial charge in [-0.15, -0.1) is 0 Å². The molecule has 0 amide bonds. The average Bonchev–Trinajstić information content (AvgIpc) is 2.39. The Morgan fingerprint density at radius 2 is 1.35 bits per heavy atom. The molecule has 2 aromatic carbocycles. The lowest BCUT2D eigenvalue weighted by Crippen LogP contribution is -2.04. The second kappa shape index (κ2) is 7.77. The van der Waals surface area contributed by atoms with Gasteiger partial charge in [0.05, 0.1) is 13.2 Å². The molecule has 0 atom stereocenters. The third kappa shape index (κ3) is 5.23. The molecule has 20 heavy (non-hydrogen) atoms. The van der Waals surface area contributed by atoms with Crippen LogP contribution in [0.3, 0.4) is 0 Å². The summed E-state index contributed by atoms with van der Waals surface area (Å²) in [6.45, 7) is 1.14. The topological polar surface area (TPSA) is 18.5 Å². The number of halogens is 3.